The molecule has 0 atom stereocenters. The third-order valence-corrected chi connectivity index (χ3v) is 4.87. The van der Waals surface area contributed by atoms with Gasteiger partial charge < -0.3 is 10.6 Å². The summed E-state index contributed by atoms with van der Waals surface area (Å²) >= 11 is 0. The molecule has 0 saturated heterocycles. The van der Waals surface area contributed by atoms with E-state index >= 15 is 0 Å². The highest BCUT2D eigenvalue weighted by Gasteiger charge is 2.47. The molecular weight excluding hydrogens is 376 g/mol. The molecule has 0 aliphatic heterocycles. The number of hydrogen-bond acceptors (Lipinski definition) is 4. The number of carbonyl (C=O) groups excluding carboxylic acids is 1. The number of nitrogens with one attached hydrogen (secondary N) is 2. The minimum absolute atomic E-state index is 0.0619. The SMILES string of the molecule is O=C(NCCNc1ccccc1S(=O)(=O)C(F)(F)F)c1ccccc1F. The zero-order chi connectivity index (χ0) is 19.4. The van der Waals surface area contributed by atoms with Crippen molar-refractivity contribution < 1.29 is 30.8 Å². The molecule has 0 unspecified atom stereocenters. The highest BCUT2D eigenvalue weighted by molar-refractivity contribution is 7.92. The van der Waals surface area contributed by atoms with Crippen molar-refractivity contribution in [1.29, 1.82) is 0 Å². The Labute approximate surface area is 146 Å². The molecule has 2 rings (SSSR count). The maximum Gasteiger partial charge on any atom is 0.501 e. The molecule has 0 aromatic heterocycles. The maximum absolute atomic E-state index is 13.5. The highest BCUT2D eigenvalue weighted by Crippen LogP contribution is 2.34. The Balaban J connectivity index is 2.01. The number of amides is 1. The first-order chi connectivity index (χ1) is 12.1. The van der Waals surface area contributed by atoms with E-state index in [1.165, 1.54) is 36.4 Å². The minimum Gasteiger partial charge on any atom is -0.382 e. The fourth-order valence-electron chi connectivity index (χ4n) is 2.09. The van der Waals surface area contributed by atoms with Crippen LogP contribution in [0.5, 0.6) is 0 Å². The number of anilines is 1. The van der Waals surface area contributed by atoms with E-state index in [2.05, 4.69) is 10.6 Å². The van der Waals surface area contributed by atoms with Crippen LogP contribution in [0.3, 0.4) is 0 Å². The van der Waals surface area contributed by atoms with Gasteiger partial charge in [-0.15, -0.1) is 0 Å². The number of carbonyl (C=O) groups is 1. The summed E-state index contributed by atoms with van der Waals surface area (Å²) in [6.07, 6.45) is 0. The fraction of sp³-hybridized carbons (Fsp3) is 0.188. The summed E-state index contributed by atoms with van der Waals surface area (Å²) in [7, 11) is -5.51. The molecule has 26 heavy (non-hydrogen) atoms. The Bertz CT molecular complexity index is 898. The molecule has 0 heterocycles. The molecule has 2 aromatic rings. The van der Waals surface area contributed by atoms with Gasteiger partial charge in [-0.05, 0) is 24.3 Å². The van der Waals surface area contributed by atoms with E-state index in [0.717, 1.165) is 12.1 Å². The zero-order valence-electron chi connectivity index (χ0n) is 13.2. The van der Waals surface area contributed by atoms with Gasteiger partial charge in [0.05, 0.1) is 16.1 Å². The molecule has 2 aromatic carbocycles. The van der Waals surface area contributed by atoms with Crippen LogP contribution in [0.4, 0.5) is 23.2 Å². The van der Waals surface area contributed by atoms with Crippen LogP contribution in [0, 0.1) is 5.82 Å². The van der Waals surface area contributed by atoms with Gasteiger partial charge in [-0.1, -0.05) is 24.3 Å². The summed E-state index contributed by atoms with van der Waals surface area (Å²) in [6, 6.07) is 9.86. The molecule has 0 saturated carbocycles. The summed E-state index contributed by atoms with van der Waals surface area (Å²) in [5.74, 6) is -1.40. The van der Waals surface area contributed by atoms with Gasteiger partial charge in [-0.3, -0.25) is 4.79 Å². The van der Waals surface area contributed by atoms with Crippen molar-refractivity contribution >= 4 is 21.4 Å². The largest absolute Gasteiger partial charge is 0.501 e. The fourth-order valence-corrected chi connectivity index (χ4v) is 3.02. The van der Waals surface area contributed by atoms with Crippen molar-refractivity contribution in [3.63, 3.8) is 0 Å². The predicted molar refractivity (Wildman–Crippen MR) is 86.9 cm³/mol. The van der Waals surface area contributed by atoms with Crippen molar-refractivity contribution in [2.75, 3.05) is 18.4 Å². The number of benzene rings is 2. The predicted octanol–water partition coefficient (Wildman–Crippen LogP) is 2.96. The van der Waals surface area contributed by atoms with Crippen molar-refractivity contribution in [1.82, 2.24) is 5.32 Å². The van der Waals surface area contributed by atoms with Crippen molar-refractivity contribution in [2.45, 2.75) is 10.4 Å². The lowest BCUT2D eigenvalue weighted by Crippen LogP contribution is -2.30. The van der Waals surface area contributed by atoms with E-state index < -0.39 is 32.0 Å². The molecule has 0 aliphatic carbocycles. The first kappa shape index (κ1) is 19.7. The van der Waals surface area contributed by atoms with Gasteiger partial charge in [0.25, 0.3) is 15.7 Å². The Kier molecular flexibility index (Phi) is 5.86. The number of hydrogen-bond donors (Lipinski definition) is 2. The van der Waals surface area contributed by atoms with Crippen LogP contribution in [-0.2, 0) is 9.84 Å². The second-order valence-electron chi connectivity index (χ2n) is 5.11. The average molecular weight is 390 g/mol. The highest BCUT2D eigenvalue weighted by atomic mass is 32.2. The molecule has 10 heteroatoms. The molecular formula is C16H14F4N2O3S. The first-order valence-electron chi connectivity index (χ1n) is 7.31. The third kappa shape index (κ3) is 4.31. The van der Waals surface area contributed by atoms with Crippen molar-refractivity contribution in [2.24, 2.45) is 0 Å². The third-order valence-electron chi connectivity index (χ3n) is 3.33. The Hall–Kier alpha value is -2.62. The van der Waals surface area contributed by atoms with Crippen LogP contribution in [-0.4, -0.2) is 32.9 Å². The van der Waals surface area contributed by atoms with Gasteiger partial charge in [0.15, 0.2) is 0 Å². The van der Waals surface area contributed by atoms with Gasteiger partial charge >= 0.3 is 5.51 Å². The summed E-state index contributed by atoms with van der Waals surface area (Å²) in [5, 5.41) is 4.91. The molecule has 0 aliphatic rings. The summed E-state index contributed by atoms with van der Waals surface area (Å²) in [4.78, 5) is 10.9. The molecule has 2 N–H and O–H groups in total. The normalized spacial score (nSPS) is 11.8. The van der Waals surface area contributed by atoms with Crippen LogP contribution in [0.2, 0.25) is 0 Å². The van der Waals surface area contributed by atoms with Crippen molar-refractivity contribution in [3.05, 3.63) is 59.9 Å². The van der Waals surface area contributed by atoms with E-state index in [9.17, 15) is 30.8 Å². The lowest BCUT2D eigenvalue weighted by Gasteiger charge is -2.14. The maximum atomic E-state index is 13.5. The molecule has 1 amide bonds. The number of alkyl halides is 3. The smallest absolute Gasteiger partial charge is 0.382 e. The van der Waals surface area contributed by atoms with E-state index in [0.29, 0.717) is 0 Å². The second-order valence-corrected chi connectivity index (χ2v) is 7.02. The monoisotopic (exact) mass is 390 g/mol. The molecule has 140 valence electrons. The summed E-state index contributed by atoms with van der Waals surface area (Å²) in [5.41, 5.74) is -5.85. The average Bonchev–Trinajstić information content (AvgIpc) is 2.58. The van der Waals surface area contributed by atoms with E-state index in [1.54, 1.807) is 0 Å². The minimum atomic E-state index is -5.51. The number of halogens is 4. The van der Waals surface area contributed by atoms with Crippen LogP contribution in [0.25, 0.3) is 0 Å². The summed E-state index contributed by atoms with van der Waals surface area (Å²) in [6.45, 7) is -0.127. The lowest BCUT2D eigenvalue weighted by atomic mass is 10.2. The van der Waals surface area contributed by atoms with Gasteiger partial charge in [0.2, 0.25) is 0 Å². The van der Waals surface area contributed by atoms with Crippen LogP contribution in [0.15, 0.2) is 53.4 Å². The van der Waals surface area contributed by atoms with Crippen LogP contribution in [0.1, 0.15) is 10.4 Å². The van der Waals surface area contributed by atoms with E-state index in [-0.39, 0.29) is 24.3 Å². The zero-order valence-corrected chi connectivity index (χ0v) is 14.0. The van der Waals surface area contributed by atoms with Gasteiger partial charge in [-0.25, -0.2) is 12.8 Å². The first-order valence-corrected chi connectivity index (χ1v) is 8.80. The summed E-state index contributed by atoms with van der Waals surface area (Å²) < 4.78 is 74.7. The molecule has 5 nitrogen and oxygen atoms in total. The van der Waals surface area contributed by atoms with Gasteiger partial charge in [0.1, 0.15) is 5.82 Å². The van der Waals surface area contributed by atoms with E-state index in [1.807, 2.05) is 0 Å². The Morgan fingerprint density at radius 1 is 0.962 bits per heavy atom. The molecule has 0 bridgehead atoms. The second kappa shape index (κ2) is 7.73. The van der Waals surface area contributed by atoms with Gasteiger partial charge in [0, 0.05) is 13.1 Å². The Morgan fingerprint density at radius 3 is 2.23 bits per heavy atom. The van der Waals surface area contributed by atoms with Crippen molar-refractivity contribution in [3.8, 4) is 0 Å². The topological polar surface area (TPSA) is 75.3 Å². The number of sulfone groups is 1. The molecule has 0 fully saturated rings. The number of rotatable bonds is 6. The Morgan fingerprint density at radius 2 is 1.58 bits per heavy atom. The quantitative estimate of drug-likeness (QED) is 0.588. The van der Waals surface area contributed by atoms with Crippen LogP contribution < -0.4 is 10.6 Å². The number of para-hydroxylation sites is 1. The molecule has 0 radical (unpaired) electrons. The lowest BCUT2D eigenvalue weighted by molar-refractivity contribution is -0.0435. The standard InChI is InChI=1S/C16H14F4N2O3S/c17-12-6-2-1-5-11(12)15(23)22-10-9-21-13-7-3-4-8-14(13)26(24,25)16(18,19)20/h1-8,21H,9-10H2,(H,22,23). The van der Waals surface area contributed by atoms with E-state index in [4.69, 9.17) is 0 Å². The molecule has 0 spiro atoms. The van der Waals surface area contributed by atoms with Gasteiger partial charge in [-0.2, -0.15) is 13.2 Å². The van der Waals surface area contributed by atoms with Crippen LogP contribution >= 0.6 is 0 Å².